The van der Waals surface area contributed by atoms with E-state index in [1.54, 1.807) is 36.1 Å². The van der Waals surface area contributed by atoms with Gasteiger partial charge in [0.2, 0.25) is 5.91 Å². The largest absolute Gasteiger partial charge is 0.479 e. The van der Waals surface area contributed by atoms with Crippen LogP contribution in [0, 0.1) is 0 Å². The molecule has 4 heterocycles. The molecule has 1 aromatic carbocycles. The fourth-order valence-electron chi connectivity index (χ4n) is 7.25. The van der Waals surface area contributed by atoms with Crippen molar-refractivity contribution in [3.05, 3.63) is 30.0 Å². The second-order valence-electron chi connectivity index (χ2n) is 14.9. The number of hydrogen-bond donors (Lipinski definition) is 6. The predicted molar refractivity (Wildman–Crippen MR) is 180 cm³/mol. The minimum Gasteiger partial charge on any atom is -0.479 e. The van der Waals surface area contributed by atoms with Crippen molar-refractivity contribution < 1.29 is 49.0 Å². The number of hydrogen-bond acceptors (Lipinski definition) is 12. The highest BCUT2D eigenvalue weighted by molar-refractivity contribution is 5.98. The summed E-state index contributed by atoms with van der Waals surface area (Å²) < 4.78 is 19.8. The van der Waals surface area contributed by atoms with E-state index in [0.717, 1.165) is 23.9 Å². The van der Waals surface area contributed by atoms with Crippen molar-refractivity contribution >= 4 is 28.7 Å². The van der Waals surface area contributed by atoms with Crippen molar-refractivity contribution in [1.82, 2.24) is 30.2 Å². The van der Waals surface area contributed by atoms with E-state index in [1.807, 2.05) is 20.8 Å². The number of carboxylic acids is 1. The van der Waals surface area contributed by atoms with Crippen molar-refractivity contribution in [3.63, 3.8) is 0 Å². The predicted octanol–water partition coefficient (Wildman–Crippen LogP) is -0.558. The molecule has 6 N–H and O–H groups in total. The Morgan fingerprint density at radius 1 is 1.20 bits per heavy atom. The van der Waals surface area contributed by atoms with E-state index in [4.69, 9.17) is 14.2 Å². The zero-order valence-electron chi connectivity index (χ0n) is 29.5. The number of aryl methyl sites for hydroxylation is 1. The van der Waals surface area contributed by atoms with Gasteiger partial charge >= 0.3 is 5.97 Å². The average Bonchev–Trinajstić information content (AvgIpc) is 3.65. The number of aliphatic hydroxyl groups is 3. The molecule has 16 heteroatoms. The van der Waals surface area contributed by atoms with Crippen LogP contribution in [-0.2, 0) is 30.8 Å². The Kier molecular flexibility index (Phi) is 11.5. The van der Waals surface area contributed by atoms with E-state index in [-0.39, 0.29) is 24.0 Å². The normalized spacial score (nSPS) is 29.2. The summed E-state index contributed by atoms with van der Waals surface area (Å²) in [5.74, 6) is -2.39. The number of amides is 2. The number of carbonyl (C=O) groups excluding carboxylic acids is 2. The number of rotatable bonds is 12. The highest BCUT2D eigenvalue weighted by Gasteiger charge is 2.55. The monoisotopic (exact) mass is 704 g/mol. The van der Waals surface area contributed by atoms with Crippen LogP contribution in [0.15, 0.2) is 24.4 Å². The van der Waals surface area contributed by atoms with E-state index >= 15 is 0 Å². The third-order valence-electron chi connectivity index (χ3n) is 10.1. The maximum atomic E-state index is 13.0. The summed E-state index contributed by atoms with van der Waals surface area (Å²) in [6, 6.07) is 3.77. The molecule has 1 aromatic heterocycles. The summed E-state index contributed by atoms with van der Waals surface area (Å²) in [6.45, 7) is 10.5. The van der Waals surface area contributed by atoms with Gasteiger partial charge in [-0.2, -0.15) is 5.10 Å². The van der Waals surface area contributed by atoms with Gasteiger partial charge in [-0.25, -0.2) is 4.79 Å². The summed E-state index contributed by atoms with van der Waals surface area (Å²) >= 11 is 0. The van der Waals surface area contributed by atoms with Gasteiger partial charge < -0.3 is 45.3 Å². The second kappa shape index (κ2) is 15.2. The highest BCUT2D eigenvalue weighted by Crippen LogP contribution is 2.37. The molecule has 1 spiro atoms. The van der Waals surface area contributed by atoms with Crippen LogP contribution in [0.4, 0.5) is 0 Å². The highest BCUT2D eigenvalue weighted by atomic mass is 16.6. The molecule has 3 saturated heterocycles. The van der Waals surface area contributed by atoms with Crippen LogP contribution in [0.5, 0.6) is 0 Å². The third kappa shape index (κ3) is 8.45. The Hall–Kier alpha value is -3.22. The number of morpholine rings is 1. The van der Waals surface area contributed by atoms with Crippen molar-refractivity contribution in [3.8, 4) is 0 Å². The first-order valence-corrected chi connectivity index (χ1v) is 17.1. The van der Waals surface area contributed by atoms with Crippen LogP contribution in [-0.4, -0.2) is 158 Å². The quantitative estimate of drug-likeness (QED) is 0.164. The second-order valence-corrected chi connectivity index (χ2v) is 14.9. The zero-order valence-corrected chi connectivity index (χ0v) is 29.5. The average molecular weight is 705 g/mol. The number of ether oxygens (including phenoxy) is 3. The number of aromatic nitrogens is 2. The lowest BCUT2D eigenvalue weighted by Gasteiger charge is -2.49. The molecule has 5 rings (SSSR count). The van der Waals surface area contributed by atoms with E-state index in [2.05, 4.69) is 25.5 Å². The fraction of sp³-hybridized carbons (Fsp3) is 0.706. The molecular formula is C34H52N6O10. The van der Waals surface area contributed by atoms with E-state index in [9.17, 15) is 34.8 Å². The van der Waals surface area contributed by atoms with E-state index < -0.39 is 60.4 Å². The number of aliphatic hydroxyl groups excluding tert-OH is 3. The lowest BCUT2D eigenvalue weighted by molar-refractivity contribution is -0.231. The summed E-state index contributed by atoms with van der Waals surface area (Å²) in [6.07, 6.45) is -4.35. The number of nitrogens with one attached hydrogen (secondary N) is 2. The van der Waals surface area contributed by atoms with Crippen molar-refractivity contribution in [2.24, 2.45) is 7.05 Å². The molecule has 50 heavy (non-hydrogen) atoms. The van der Waals surface area contributed by atoms with E-state index in [1.165, 1.54) is 6.92 Å². The minimum absolute atomic E-state index is 0.0424. The smallest absolute Gasteiger partial charge is 0.336 e. The molecule has 2 aromatic rings. The summed E-state index contributed by atoms with van der Waals surface area (Å²) in [5, 5.41) is 54.3. The lowest BCUT2D eigenvalue weighted by Crippen LogP contribution is -2.68. The van der Waals surface area contributed by atoms with Crippen molar-refractivity contribution in [2.75, 3.05) is 52.7 Å². The molecule has 0 unspecified atom stereocenters. The molecule has 0 saturated carbocycles. The van der Waals surface area contributed by atoms with Gasteiger partial charge in [-0.05, 0) is 45.4 Å². The van der Waals surface area contributed by atoms with Crippen LogP contribution in [0.1, 0.15) is 57.3 Å². The van der Waals surface area contributed by atoms with Crippen molar-refractivity contribution in [2.45, 2.75) is 94.2 Å². The molecule has 0 aliphatic carbocycles. The van der Waals surface area contributed by atoms with Crippen LogP contribution in [0.25, 0.3) is 10.9 Å². The molecule has 7 atom stereocenters. The standard InChI is InChI=1S/C34H52N6O10/c1-21(41)37-27-25(42)15-34(31(46)47,9-11-40-12-13-48-19-33(40)8-10-39(18-33)20-49-32(2,3)4)50-29(27)28(44)26(43)17-35-30(45)22-6-7-24-23(14-22)16-36-38(24)5/h6-7,14,16,25-29,42-44H,8-13,15,17-20H2,1-5H3,(H,35,45)(H,37,41)(H,46,47)/t25-,26+,27+,28+,29+,33-,34+/m0/s1. The Bertz CT molecular complexity index is 1530. The number of fused-ring (bicyclic) bond motifs is 1. The first-order valence-electron chi connectivity index (χ1n) is 17.1. The van der Waals surface area contributed by atoms with Gasteiger partial charge in [0.15, 0.2) is 5.60 Å². The first kappa shape index (κ1) is 38.0. The van der Waals surface area contributed by atoms with Gasteiger partial charge in [0.1, 0.15) is 12.2 Å². The van der Waals surface area contributed by atoms with E-state index in [0.29, 0.717) is 45.1 Å². The molecular weight excluding hydrogens is 652 g/mol. The maximum Gasteiger partial charge on any atom is 0.336 e. The van der Waals surface area contributed by atoms with Crippen LogP contribution >= 0.6 is 0 Å². The van der Waals surface area contributed by atoms with Gasteiger partial charge in [-0.1, -0.05) is 0 Å². The number of aliphatic carboxylic acids is 1. The molecule has 3 aliphatic heterocycles. The number of carbonyl (C=O) groups is 3. The lowest BCUT2D eigenvalue weighted by atomic mass is 9.81. The van der Waals surface area contributed by atoms with Crippen molar-refractivity contribution in [1.29, 1.82) is 0 Å². The van der Waals surface area contributed by atoms with Gasteiger partial charge in [0.05, 0.1) is 61.0 Å². The summed E-state index contributed by atoms with van der Waals surface area (Å²) in [5.41, 5.74) is -1.47. The maximum absolute atomic E-state index is 13.0. The summed E-state index contributed by atoms with van der Waals surface area (Å²) in [4.78, 5) is 42.5. The van der Waals surface area contributed by atoms with Gasteiger partial charge in [-0.15, -0.1) is 0 Å². The fourth-order valence-corrected chi connectivity index (χ4v) is 7.25. The number of likely N-dealkylation sites (tertiary alicyclic amines) is 1. The SMILES string of the molecule is CC(=O)N[C@H]1[C@H]([C@H](O)[C@H](O)CNC(=O)c2ccc3c(cnn3C)c2)O[C@@](CCN2CCOC[C@@]23CCN(COC(C)(C)C)C3)(C(=O)O)C[C@@H]1O. The Labute approximate surface area is 291 Å². The molecule has 2 amide bonds. The van der Waals surface area contributed by atoms with Crippen LogP contribution in [0.2, 0.25) is 0 Å². The topological polar surface area (TPSA) is 208 Å². The number of benzene rings is 1. The van der Waals surface area contributed by atoms with Crippen LogP contribution < -0.4 is 10.6 Å². The Morgan fingerprint density at radius 3 is 2.66 bits per heavy atom. The molecule has 278 valence electrons. The number of carboxylic acid groups (broad SMARTS) is 1. The summed E-state index contributed by atoms with van der Waals surface area (Å²) in [7, 11) is 1.78. The number of nitrogens with zero attached hydrogens (tertiary/aromatic N) is 4. The molecule has 3 fully saturated rings. The Morgan fingerprint density at radius 2 is 1.96 bits per heavy atom. The van der Waals surface area contributed by atoms with Gasteiger partial charge in [0.25, 0.3) is 5.91 Å². The first-order chi connectivity index (χ1) is 23.5. The molecule has 0 radical (unpaired) electrons. The van der Waals surface area contributed by atoms with Gasteiger partial charge in [-0.3, -0.25) is 24.1 Å². The van der Waals surface area contributed by atoms with Gasteiger partial charge in [0, 0.05) is 70.5 Å². The van der Waals surface area contributed by atoms with Crippen LogP contribution in [0.3, 0.4) is 0 Å². The molecule has 0 bridgehead atoms. The molecule has 3 aliphatic rings. The molecule has 16 nitrogen and oxygen atoms in total. The third-order valence-corrected chi connectivity index (χ3v) is 10.1. The Balaban J connectivity index is 1.28. The zero-order chi connectivity index (χ0) is 36.4. The minimum atomic E-state index is -1.95.